The third-order valence-electron chi connectivity index (χ3n) is 2.52. The van der Waals surface area contributed by atoms with Gasteiger partial charge in [-0.05, 0) is 19.9 Å². The Hall–Kier alpha value is -0.680. The molecule has 2 N–H and O–H groups in total. The molecule has 2 atom stereocenters. The molecule has 0 spiro atoms. The summed E-state index contributed by atoms with van der Waals surface area (Å²) in [5.41, 5.74) is 2.16. The fraction of sp³-hybridized carbons (Fsp3) is 0.700. The van der Waals surface area contributed by atoms with Crippen molar-refractivity contribution in [2.24, 2.45) is 0 Å². The Balaban J connectivity index is 2.17. The molecule has 1 heterocycles. The highest BCUT2D eigenvalue weighted by atomic mass is 32.2. The monoisotopic (exact) mass is 229 g/mol. The summed E-state index contributed by atoms with van der Waals surface area (Å²) in [4.78, 5) is 7.23. The van der Waals surface area contributed by atoms with E-state index < -0.39 is 10.8 Å². The number of rotatable bonds is 6. The Bertz CT molecular complexity index is 324. The molecule has 5 heteroatoms. The first-order chi connectivity index (χ1) is 7.11. The molecule has 86 valence electrons. The van der Waals surface area contributed by atoms with Crippen LogP contribution in [0.5, 0.6) is 0 Å². The van der Waals surface area contributed by atoms with Crippen LogP contribution in [-0.4, -0.2) is 32.2 Å². The van der Waals surface area contributed by atoms with Crippen molar-refractivity contribution in [2.45, 2.75) is 32.1 Å². The number of H-pyrrole nitrogens is 1. The number of nitrogens with one attached hydrogen (secondary N) is 2. The second-order valence-corrected chi connectivity index (χ2v) is 5.55. The van der Waals surface area contributed by atoms with Crippen molar-refractivity contribution in [1.82, 2.24) is 15.3 Å². The lowest BCUT2D eigenvalue weighted by atomic mass is 10.3. The zero-order valence-electron chi connectivity index (χ0n) is 9.54. The smallest absolute Gasteiger partial charge is 0.0925 e. The number of hydrogen-bond donors (Lipinski definition) is 2. The molecule has 0 aromatic carbocycles. The van der Waals surface area contributed by atoms with Gasteiger partial charge in [0.1, 0.15) is 0 Å². The molecule has 1 aromatic heterocycles. The Kier molecular flexibility index (Phi) is 4.98. The van der Waals surface area contributed by atoms with Crippen molar-refractivity contribution in [3.63, 3.8) is 0 Å². The lowest BCUT2D eigenvalue weighted by molar-refractivity contribution is 0.623. The van der Waals surface area contributed by atoms with Gasteiger partial charge in [0.05, 0.1) is 12.0 Å². The highest BCUT2D eigenvalue weighted by Crippen LogP contribution is 2.01. The highest BCUT2D eigenvalue weighted by Gasteiger charge is 2.05. The first kappa shape index (κ1) is 12.4. The van der Waals surface area contributed by atoms with Gasteiger partial charge >= 0.3 is 0 Å². The van der Waals surface area contributed by atoms with Crippen LogP contribution in [0.15, 0.2) is 6.33 Å². The maximum atomic E-state index is 11.1. The Labute approximate surface area is 93.3 Å². The van der Waals surface area contributed by atoms with Crippen molar-refractivity contribution in [3.8, 4) is 0 Å². The van der Waals surface area contributed by atoms with E-state index >= 15 is 0 Å². The van der Waals surface area contributed by atoms with Crippen LogP contribution in [-0.2, 0) is 17.3 Å². The molecule has 1 aromatic rings. The molecule has 0 amide bonds. The standard InChI is InChI=1S/C10H19N3OS/c1-8(15(3)14)4-5-11-6-10-9(2)12-7-13-10/h7-8,11H,4-6H2,1-3H3,(H,12,13). The average molecular weight is 229 g/mol. The van der Waals surface area contributed by atoms with Crippen LogP contribution < -0.4 is 5.32 Å². The average Bonchev–Trinajstić information content (AvgIpc) is 2.58. The summed E-state index contributed by atoms with van der Waals surface area (Å²) < 4.78 is 11.1. The molecular formula is C10H19N3OS. The van der Waals surface area contributed by atoms with E-state index in [1.165, 1.54) is 0 Å². The van der Waals surface area contributed by atoms with E-state index in [9.17, 15) is 4.21 Å². The SMILES string of the molecule is Cc1[nH]cnc1CNCCC(C)S(C)=O. The van der Waals surface area contributed by atoms with Crippen molar-refractivity contribution >= 4 is 10.8 Å². The minimum Gasteiger partial charge on any atom is -0.348 e. The van der Waals surface area contributed by atoms with Crippen LogP contribution in [0, 0.1) is 6.92 Å². The van der Waals surface area contributed by atoms with Gasteiger partial charge in [-0.25, -0.2) is 4.98 Å². The van der Waals surface area contributed by atoms with Crippen LogP contribution in [0.3, 0.4) is 0 Å². The van der Waals surface area contributed by atoms with E-state index in [0.717, 1.165) is 30.9 Å². The van der Waals surface area contributed by atoms with Crippen molar-refractivity contribution < 1.29 is 4.21 Å². The molecule has 0 aliphatic rings. The van der Waals surface area contributed by atoms with Gasteiger partial charge < -0.3 is 10.3 Å². The molecule has 0 aliphatic heterocycles. The molecule has 0 fully saturated rings. The Morgan fingerprint density at radius 2 is 2.40 bits per heavy atom. The van der Waals surface area contributed by atoms with Gasteiger partial charge in [0.25, 0.3) is 0 Å². The van der Waals surface area contributed by atoms with Crippen molar-refractivity contribution in [2.75, 3.05) is 12.8 Å². The van der Waals surface area contributed by atoms with Crippen molar-refractivity contribution in [1.29, 1.82) is 0 Å². The first-order valence-corrected chi connectivity index (χ1v) is 6.75. The second kappa shape index (κ2) is 6.02. The fourth-order valence-electron chi connectivity index (χ4n) is 1.24. The summed E-state index contributed by atoms with van der Waals surface area (Å²) >= 11 is 0. The summed E-state index contributed by atoms with van der Waals surface area (Å²) in [5, 5.41) is 3.56. The predicted molar refractivity (Wildman–Crippen MR) is 63.2 cm³/mol. The largest absolute Gasteiger partial charge is 0.348 e. The quantitative estimate of drug-likeness (QED) is 0.715. The molecular weight excluding hydrogens is 210 g/mol. The molecule has 15 heavy (non-hydrogen) atoms. The topological polar surface area (TPSA) is 57.8 Å². The van der Waals surface area contributed by atoms with Crippen LogP contribution in [0.2, 0.25) is 0 Å². The highest BCUT2D eigenvalue weighted by molar-refractivity contribution is 7.84. The number of aryl methyl sites for hydroxylation is 1. The van der Waals surface area contributed by atoms with Gasteiger partial charge in [0.15, 0.2) is 0 Å². The zero-order valence-corrected chi connectivity index (χ0v) is 10.4. The van der Waals surface area contributed by atoms with Crippen LogP contribution in [0.25, 0.3) is 0 Å². The van der Waals surface area contributed by atoms with E-state index in [4.69, 9.17) is 0 Å². The molecule has 0 bridgehead atoms. The maximum Gasteiger partial charge on any atom is 0.0925 e. The third kappa shape index (κ3) is 4.13. The third-order valence-corrected chi connectivity index (χ3v) is 3.89. The van der Waals surface area contributed by atoms with E-state index in [2.05, 4.69) is 15.3 Å². The molecule has 0 saturated carbocycles. The summed E-state index contributed by atoms with van der Waals surface area (Å²) in [5.74, 6) is 0. The van der Waals surface area contributed by atoms with E-state index in [0.29, 0.717) is 0 Å². The van der Waals surface area contributed by atoms with E-state index in [-0.39, 0.29) is 5.25 Å². The van der Waals surface area contributed by atoms with Crippen LogP contribution in [0.1, 0.15) is 24.7 Å². The van der Waals surface area contributed by atoms with Gasteiger partial charge in [-0.15, -0.1) is 0 Å². The summed E-state index contributed by atoms with van der Waals surface area (Å²) in [7, 11) is -0.717. The maximum absolute atomic E-state index is 11.1. The molecule has 0 radical (unpaired) electrons. The second-order valence-electron chi connectivity index (χ2n) is 3.75. The molecule has 0 saturated heterocycles. The van der Waals surface area contributed by atoms with Crippen LogP contribution in [0.4, 0.5) is 0 Å². The van der Waals surface area contributed by atoms with Gasteiger partial charge in [0, 0.05) is 34.5 Å². The van der Waals surface area contributed by atoms with Gasteiger partial charge in [-0.2, -0.15) is 0 Å². The van der Waals surface area contributed by atoms with E-state index in [1.807, 2.05) is 13.8 Å². The Morgan fingerprint density at radius 1 is 1.67 bits per heavy atom. The van der Waals surface area contributed by atoms with Gasteiger partial charge in [-0.1, -0.05) is 6.92 Å². The fourth-order valence-corrected chi connectivity index (χ4v) is 1.69. The summed E-state index contributed by atoms with van der Waals surface area (Å²) in [6.45, 7) is 5.68. The number of aromatic nitrogens is 2. The lowest BCUT2D eigenvalue weighted by Crippen LogP contribution is -2.21. The number of imidazole rings is 1. The molecule has 0 aliphatic carbocycles. The predicted octanol–water partition coefficient (Wildman–Crippen LogP) is 0.965. The van der Waals surface area contributed by atoms with Crippen LogP contribution >= 0.6 is 0 Å². The van der Waals surface area contributed by atoms with Gasteiger partial charge in [-0.3, -0.25) is 4.21 Å². The minimum absolute atomic E-state index is 0.262. The summed E-state index contributed by atoms with van der Waals surface area (Å²) in [6, 6.07) is 0. The molecule has 1 rings (SSSR count). The first-order valence-electron chi connectivity index (χ1n) is 5.13. The van der Waals surface area contributed by atoms with Crippen molar-refractivity contribution in [3.05, 3.63) is 17.7 Å². The zero-order chi connectivity index (χ0) is 11.3. The molecule has 2 unspecified atom stereocenters. The number of hydrogen-bond acceptors (Lipinski definition) is 3. The molecule has 4 nitrogen and oxygen atoms in total. The minimum atomic E-state index is -0.717. The summed E-state index contributed by atoms with van der Waals surface area (Å²) in [6.07, 6.45) is 4.39. The van der Waals surface area contributed by atoms with Gasteiger partial charge in [0.2, 0.25) is 0 Å². The van der Waals surface area contributed by atoms with E-state index in [1.54, 1.807) is 12.6 Å². The normalized spacial score (nSPS) is 15.1. The Morgan fingerprint density at radius 3 is 2.93 bits per heavy atom. The lowest BCUT2D eigenvalue weighted by Gasteiger charge is -2.08. The number of nitrogens with zero attached hydrogens (tertiary/aromatic N) is 1. The number of aromatic amines is 1.